The number of nitrogen functional groups attached to an aromatic ring is 1. The van der Waals surface area contributed by atoms with E-state index >= 15 is 0 Å². The first-order valence-electron chi connectivity index (χ1n) is 7.55. The lowest BCUT2D eigenvalue weighted by Crippen LogP contribution is -2.30. The number of carbonyl (C=O) groups excluding carboxylic acids is 1. The number of amides is 1. The van der Waals surface area contributed by atoms with Crippen LogP contribution in [0.4, 0.5) is 5.82 Å². The van der Waals surface area contributed by atoms with Gasteiger partial charge in [-0.15, -0.1) is 0 Å². The van der Waals surface area contributed by atoms with Crippen LogP contribution < -0.4 is 11.1 Å². The molecule has 3 rings (SSSR count). The average molecular weight is 319 g/mol. The summed E-state index contributed by atoms with van der Waals surface area (Å²) < 4.78 is 0. The van der Waals surface area contributed by atoms with Gasteiger partial charge in [0.1, 0.15) is 17.8 Å². The highest BCUT2D eigenvalue weighted by molar-refractivity contribution is 5.95. The molecule has 6 heteroatoms. The van der Waals surface area contributed by atoms with Gasteiger partial charge in [-0.1, -0.05) is 17.9 Å². The number of benzene rings is 1. The van der Waals surface area contributed by atoms with E-state index in [0.29, 0.717) is 22.4 Å². The van der Waals surface area contributed by atoms with Crippen LogP contribution in [0.5, 0.6) is 0 Å². The molecule has 0 aliphatic rings. The first-order valence-corrected chi connectivity index (χ1v) is 7.55. The zero-order valence-corrected chi connectivity index (χ0v) is 13.4. The number of anilines is 1. The van der Waals surface area contributed by atoms with Gasteiger partial charge < -0.3 is 16.0 Å². The van der Waals surface area contributed by atoms with E-state index in [4.69, 9.17) is 5.73 Å². The van der Waals surface area contributed by atoms with Crippen LogP contribution in [0.2, 0.25) is 0 Å². The molecule has 0 saturated carbocycles. The van der Waals surface area contributed by atoms with Gasteiger partial charge in [0, 0.05) is 23.4 Å². The minimum absolute atomic E-state index is 0.0847. The van der Waals surface area contributed by atoms with Crippen molar-refractivity contribution in [1.82, 2.24) is 20.3 Å². The summed E-state index contributed by atoms with van der Waals surface area (Å²) in [6.07, 6.45) is 3.15. The lowest BCUT2D eigenvalue weighted by Gasteiger charge is -2.08. The fraction of sp³-hybridized carbons (Fsp3) is 0.167. The molecule has 1 amide bonds. The number of carbonyl (C=O) groups is 1. The van der Waals surface area contributed by atoms with Crippen molar-refractivity contribution in [3.8, 4) is 11.8 Å². The molecule has 2 aromatic heterocycles. The Morgan fingerprint density at radius 3 is 2.92 bits per heavy atom. The Balaban J connectivity index is 1.92. The topological polar surface area (TPSA) is 96.7 Å². The number of hydrogen-bond acceptors (Lipinski definition) is 4. The first-order chi connectivity index (χ1) is 11.5. The number of rotatable bonds is 2. The summed E-state index contributed by atoms with van der Waals surface area (Å²) >= 11 is 0. The Morgan fingerprint density at radius 2 is 2.12 bits per heavy atom. The summed E-state index contributed by atoms with van der Waals surface area (Å²) in [6.45, 7) is 3.84. The largest absolute Gasteiger partial charge is 0.383 e. The highest BCUT2D eigenvalue weighted by Gasteiger charge is 2.08. The molecule has 0 radical (unpaired) electrons. The molecule has 24 heavy (non-hydrogen) atoms. The molecule has 3 aromatic rings. The number of hydrogen-bond donors (Lipinski definition) is 3. The van der Waals surface area contributed by atoms with Crippen LogP contribution in [0.25, 0.3) is 11.0 Å². The van der Waals surface area contributed by atoms with E-state index in [9.17, 15) is 4.79 Å². The molecule has 120 valence electrons. The smallest absolute Gasteiger partial charge is 0.251 e. The van der Waals surface area contributed by atoms with Crippen molar-refractivity contribution in [3.05, 3.63) is 53.5 Å². The fourth-order valence-electron chi connectivity index (χ4n) is 2.31. The summed E-state index contributed by atoms with van der Waals surface area (Å²) in [5.41, 5.74) is 8.59. The van der Waals surface area contributed by atoms with Gasteiger partial charge in [0.25, 0.3) is 5.91 Å². The third-order valence-corrected chi connectivity index (χ3v) is 3.39. The highest BCUT2D eigenvalue weighted by atomic mass is 16.1. The maximum atomic E-state index is 12.1. The Labute approximate surface area is 139 Å². The van der Waals surface area contributed by atoms with Gasteiger partial charge in [-0.25, -0.2) is 9.97 Å². The summed E-state index contributed by atoms with van der Waals surface area (Å²) in [6, 6.07) is 7.28. The normalized spacial score (nSPS) is 10.5. The summed E-state index contributed by atoms with van der Waals surface area (Å²) in [5.74, 6) is 6.38. The van der Waals surface area contributed by atoms with Crippen LogP contribution in [0, 0.1) is 11.8 Å². The molecular formula is C18H17N5O. The van der Waals surface area contributed by atoms with Crippen molar-refractivity contribution in [2.24, 2.45) is 0 Å². The van der Waals surface area contributed by atoms with E-state index in [0.717, 1.165) is 11.1 Å². The van der Waals surface area contributed by atoms with Crippen molar-refractivity contribution in [2.75, 3.05) is 5.73 Å². The number of aromatic nitrogens is 3. The Hall–Kier alpha value is -3.33. The van der Waals surface area contributed by atoms with Crippen molar-refractivity contribution >= 4 is 22.8 Å². The predicted molar refractivity (Wildman–Crippen MR) is 93.3 cm³/mol. The SMILES string of the molecule is CC(C)NC(=O)c1cccc(C#Cc2c[nH]c3ncnc(N)c23)c1. The quantitative estimate of drug-likeness (QED) is 0.630. The van der Waals surface area contributed by atoms with Crippen LogP contribution in [-0.4, -0.2) is 26.9 Å². The molecule has 0 bridgehead atoms. The second-order valence-electron chi connectivity index (χ2n) is 5.64. The predicted octanol–water partition coefficient (Wildman–Crippen LogP) is 2.08. The molecule has 0 aliphatic heterocycles. The second-order valence-corrected chi connectivity index (χ2v) is 5.64. The van der Waals surface area contributed by atoms with Gasteiger partial charge in [-0.05, 0) is 32.0 Å². The Bertz CT molecular complexity index is 962. The summed E-state index contributed by atoms with van der Waals surface area (Å²) in [5, 5.41) is 3.57. The first kappa shape index (κ1) is 15.6. The van der Waals surface area contributed by atoms with Gasteiger partial charge >= 0.3 is 0 Å². The zero-order chi connectivity index (χ0) is 17.1. The molecule has 0 atom stereocenters. The Morgan fingerprint density at radius 1 is 1.29 bits per heavy atom. The minimum atomic E-state index is -0.113. The lowest BCUT2D eigenvalue weighted by molar-refractivity contribution is 0.0943. The second kappa shape index (κ2) is 6.42. The van der Waals surface area contributed by atoms with E-state index in [1.807, 2.05) is 26.0 Å². The standard InChI is InChI=1S/C18H17N5O/c1-11(2)23-18(24)13-5-3-4-12(8-13)6-7-14-9-20-17-15(14)16(19)21-10-22-17/h3-5,8-11H,1-2H3,(H,23,24)(H3,19,20,21,22). The molecular weight excluding hydrogens is 302 g/mol. The molecule has 0 aliphatic carbocycles. The molecule has 2 heterocycles. The van der Waals surface area contributed by atoms with Crippen LogP contribution in [0.1, 0.15) is 35.3 Å². The molecule has 6 nitrogen and oxygen atoms in total. The number of H-pyrrole nitrogens is 1. The van der Waals surface area contributed by atoms with Crippen molar-refractivity contribution in [3.63, 3.8) is 0 Å². The minimum Gasteiger partial charge on any atom is -0.383 e. The summed E-state index contributed by atoms with van der Waals surface area (Å²) in [7, 11) is 0. The summed E-state index contributed by atoms with van der Waals surface area (Å²) in [4.78, 5) is 23.2. The number of nitrogens with one attached hydrogen (secondary N) is 2. The van der Waals surface area contributed by atoms with Crippen LogP contribution >= 0.6 is 0 Å². The van der Waals surface area contributed by atoms with Crippen molar-refractivity contribution in [1.29, 1.82) is 0 Å². The van der Waals surface area contributed by atoms with Gasteiger partial charge in [-0.2, -0.15) is 0 Å². The van der Waals surface area contributed by atoms with E-state index in [2.05, 4.69) is 32.1 Å². The third kappa shape index (κ3) is 3.20. The monoisotopic (exact) mass is 319 g/mol. The van der Waals surface area contributed by atoms with E-state index < -0.39 is 0 Å². The van der Waals surface area contributed by atoms with Crippen LogP contribution in [0.3, 0.4) is 0 Å². The number of nitrogens with two attached hydrogens (primary N) is 1. The molecule has 0 unspecified atom stereocenters. The zero-order valence-electron chi connectivity index (χ0n) is 13.4. The van der Waals surface area contributed by atoms with Gasteiger partial charge in [0.15, 0.2) is 0 Å². The van der Waals surface area contributed by atoms with E-state index in [1.165, 1.54) is 6.33 Å². The van der Waals surface area contributed by atoms with Gasteiger partial charge in [0.2, 0.25) is 0 Å². The maximum absolute atomic E-state index is 12.1. The van der Waals surface area contributed by atoms with Crippen molar-refractivity contribution < 1.29 is 4.79 Å². The fourth-order valence-corrected chi connectivity index (χ4v) is 2.31. The molecule has 4 N–H and O–H groups in total. The molecule has 0 spiro atoms. The van der Waals surface area contributed by atoms with Gasteiger partial charge in [0.05, 0.1) is 10.9 Å². The Kier molecular flexibility index (Phi) is 4.17. The molecule has 0 saturated heterocycles. The maximum Gasteiger partial charge on any atom is 0.251 e. The molecule has 0 fully saturated rings. The highest BCUT2D eigenvalue weighted by Crippen LogP contribution is 2.19. The van der Waals surface area contributed by atoms with Gasteiger partial charge in [-0.3, -0.25) is 4.79 Å². The molecule has 1 aromatic carbocycles. The van der Waals surface area contributed by atoms with Crippen molar-refractivity contribution in [2.45, 2.75) is 19.9 Å². The average Bonchev–Trinajstić information content (AvgIpc) is 2.97. The van der Waals surface area contributed by atoms with Crippen LogP contribution in [-0.2, 0) is 0 Å². The van der Waals surface area contributed by atoms with E-state index in [-0.39, 0.29) is 11.9 Å². The number of nitrogens with zero attached hydrogens (tertiary/aromatic N) is 2. The lowest BCUT2D eigenvalue weighted by atomic mass is 10.1. The third-order valence-electron chi connectivity index (χ3n) is 3.39. The van der Waals surface area contributed by atoms with E-state index in [1.54, 1.807) is 18.3 Å². The number of fused-ring (bicyclic) bond motifs is 1. The van der Waals surface area contributed by atoms with Crippen LogP contribution in [0.15, 0.2) is 36.8 Å². The number of aromatic amines is 1.